The molecule has 0 radical (unpaired) electrons. The maximum atomic E-state index is 7.08. The second-order valence-corrected chi connectivity index (χ2v) is 27.3. The number of para-hydroxylation sites is 2. The van der Waals surface area contributed by atoms with Gasteiger partial charge in [-0.25, -0.2) is 29.9 Å². The van der Waals surface area contributed by atoms with Gasteiger partial charge in [-0.05, 0) is 99.1 Å². The van der Waals surface area contributed by atoms with Crippen LogP contribution in [0.3, 0.4) is 0 Å². The first kappa shape index (κ1) is 57.4. The Labute approximate surface area is 581 Å². The number of aromatic nitrogens is 6. The SMILES string of the molecule is c1ccc(-c2cc(-c3cccc4c3oc3cc(-c5nc(-c6ccccc6)nc(-c6cccc(-c7ccc8c(c7)sc7c(-c9ccccc9)ccc(-c9cccc%10c9oc9cc(-c%11nc(-c%12ccccc%12)nc(-c%12ccccc%12)n%11)ccc9%10)c78)c6)n5)ccc34)c3c(c2)sc2ccccc23)cc1. The second-order valence-electron chi connectivity index (χ2n) is 25.2. The minimum Gasteiger partial charge on any atom is -0.455 e. The van der Waals surface area contributed by atoms with Crippen molar-refractivity contribution in [3.05, 3.63) is 315 Å². The van der Waals surface area contributed by atoms with Gasteiger partial charge in [-0.2, -0.15) is 0 Å². The van der Waals surface area contributed by atoms with E-state index in [2.05, 4.69) is 224 Å². The molecular weight excluding hydrogens is 1260 g/mol. The molecule has 0 amide bonds. The Hall–Kier alpha value is -12.9. The molecule has 0 aliphatic heterocycles. The van der Waals surface area contributed by atoms with Gasteiger partial charge < -0.3 is 8.83 Å². The normalized spacial score (nSPS) is 11.8. The lowest BCUT2D eigenvalue weighted by Crippen LogP contribution is -2.00. The molecule has 100 heavy (non-hydrogen) atoms. The molecule has 0 fully saturated rings. The summed E-state index contributed by atoms with van der Waals surface area (Å²) in [6.07, 6.45) is 0. The summed E-state index contributed by atoms with van der Waals surface area (Å²) < 4.78 is 19.0. The van der Waals surface area contributed by atoms with Gasteiger partial charge in [0, 0.05) is 106 Å². The molecule has 8 nitrogen and oxygen atoms in total. The lowest BCUT2D eigenvalue weighted by molar-refractivity contribution is 0.670. The van der Waals surface area contributed by atoms with E-state index in [1.165, 1.54) is 57.0 Å². The molecule has 20 aromatic rings. The summed E-state index contributed by atoms with van der Waals surface area (Å²) in [5.74, 6) is 3.48. The Morgan fingerprint density at radius 2 is 0.600 bits per heavy atom. The summed E-state index contributed by atoms with van der Waals surface area (Å²) in [4.78, 5) is 30.8. The third-order valence-corrected chi connectivity index (χ3v) is 21.5. The summed E-state index contributed by atoms with van der Waals surface area (Å²) >= 11 is 3.65. The molecule has 6 aromatic heterocycles. The maximum Gasteiger partial charge on any atom is 0.164 e. The average molecular weight is 1310 g/mol. The molecule has 6 heterocycles. The van der Waals surface area contributed by atoms with Crippen molar-refractivity contribution in [1.82, 2.24) is 29.9 Å². The van der Waals surface area contributed by atoms with Crippen LogP contribution in [0.25, 0.3) is 208 Å². The summed E-state index contributed by atoms with van der Waals surface area (Å²) in [7, 11) is 0. The lowest BCUT2D eigenvalue weighted by atomic mass is 9.93. The molecule has 0 aliphatic rings. The van der Waals surface area contributed by atoms with Gasteiger partial charge in [0.2, 0.25) is 0 Å². The van der Waals surface area contributed by atoms with E-state index in [1.807, 2.05) is 114 Å². The van der Waals surface area contributed by atoms with Crippen molar-refractivity contribution in [2.75, 3.05) is 0 Å². The van der Waals surface area contributed by atoms with Crippen molar-refractivity contribution in [2.24, 2.45) is 0 Å². The molecule has 10 heteroatoms. The number of hydrogen-bond acceptors (Lipinski definition) is 10. The van der Waals surface area contributed by atoms with Crippen molar-refractivity contribution in [2.45, 2.75) is 0 Å². The highest BCUT2D eigenvalue weighted by Gasteiger charge is 2.24. The number of nitrogens with zero attached hydrogens (tertiary/aromatic N) is 6. The van der Waals surface area contributed by atoms with Crippen LogP contribution >= 0.6 is 22.7 Å². The molecule has 0 saturated carbocycles. The molecule has 0 aliphatic carbocycles. The fourth-order valence-corrected chi connectivity index (χ4v) is 16.9. The minimum atomic E-state index is 0.550. The van der Waals surface area contributed by atoms with Gasteiger partial charge in [-0.3, -0.25) is 0 Å². The van der Waals surface area contributed by atoms with E-state index >= 15 is 0 Å². The van der Waals surface area contributed by atoms with Gasteiger partial charge >= 0.3 is 0 Å². The third-order valence-electron chi connectivity index (χ3n) is 19.2. The molecule has 0 saturated heterocycles. The Kier molecular flexibility index (Phi) is 13.5. The maximum absolute atomic E-state index is 7.08. The van der Waals surface area contributed by atoms with E-state index in [1.54, 1.807) is 0 Å². The fourth-order valence-electron chi connectivity index (χ4n) is 14.4. The smallest absolute Gasteiger partial charge is 0.164 e. The average Bonchev–Trinajstić information content (AvgIpc) is 1.58. The minimum absolute atomic E-state index is 0.550. The Morgan fingerprint density at radius 3 is 1.17 bits per heavy atom. The second kappa shape index (κ2) is 23.5. The summed E-state index contributed by atoms with van der Waals surface area (Å²) in [6.45, 7) is 0. The predicted octanol–water partition coefficient (Wildman–Crippen LogP) is 24.9. The van der Waals surface area contributed by atoms with Crippen molar-refractivity contribution >= 4 is 107 Å². The first-order valence-corrected chi connectivity index (χ1v) is 34.9. The van der Waals surface area contributed by atoms with E-state index < -0.39 is 0 Å². The Balaban J connectivity index is 0.681. The number of furan rings is 2. The van der Waals surface area contributed by atoms with E-state index in [0.29, 0.717) is 34.9 Å². The molecule has 0 unspecified atom stereocenters. The highest BCUT2D eigenvalue weighted by Crippen LogP contribution is 2.50. The van der Waals surface area contributed by atoms with Gasteiger partial charge in [-0.1, -0.05) is 261 Å². The Morgan fingerprint density at radius 1 is 0.200 bits per heavy atom. The quantitative estimate of drug-likeness (QED) is 0.126. The molecule has 0 bridgehead atoms. The van der Waals surface area contributed by atoms with E-state index in [0.717, 1.165) is 116 Å². The van der Waals surface area contributed by atoms with Crippen LogP contribution in [-0.4, -0.2) is 29.9 Å². The highest BCUT2D eigenvalue weighted by molar-refractivity contribution is 7.26. The first-order chi connectivity index (χ1) is 49.5. The van der Waals surface area contributed by atoms with E-state index in [9.17, 15) is 0 Å². The van der Waals surface area contributed by atoms with Crippen LogP contribution in [0.5, 0.6) is 0 Å². The number of benzene rings is 14. The van der Waals surface area contributed by atoms with Crippen LogP contribution in [0.1, 0.15) is 0 Å². The van der Waals surface area contributed by atoms with Crippen molar-refractivity contribution < 1.29 is 8.83 Å². The van der Waals surface area contributed by atoms with Gasteiger partial charge in [0.1, 0.15) is 22.3 Å². The summed E-state index contributed by atoms with van der Waals surface area (Å²) in [5, 5.41) is 8.93. The number of hydrogen-bond donors (Lipinski definition) is 0. The largest absolute Gasteiger partial charge is 0.455 e. The van der Waals surface area contributed by atoms with Gasteiger partial charge in [0.05, 0.1) is 0 Å². The topological polar surface area (TPSA) is 104 Å². The number of rotatable bonds is 11. The van der Waals surface area contributed by atoms with Gasteiger partial charge in [0.15, 0.2) is 34.9 Å². The highest BCUT2D eigenvalue weighted by atomic mass is 32.1. The van der Waals surface area contributed by atoms with Gasteiger partial charge in [-0.15, -0.1) is 22.7 Å². The molecular formula is C90H52N6O2S2. The van der Waals surface area contributed by atoms with Crippen molar-refractivity contribution in [3.8, 4) is 124 Å². The molecule has 14 aromatic carbocycles. The van der Waals surface area contributed by atoms with E-state index in [-0.39, 0.29) is 0 Å². The fraction of sp³-hybridized carbons (Fsp3) is 0. The first-order valence-electron chi connectivity index (χ1n) is 33.3. The van der Waals surface area contributed by atoms with Crippen LogP contribution < -0.4 is 0 Å². The standard InChI is InChI=1S/C90H52N6O2S2/c1-6-21-53(22-7-1)63-48-74(80-72-33-16-17-38-77(72)99-79(80)52-63)71-37-20-35-69-66-43-41-62(50-76(66)98-83(69)71)90-95-87(57-29-14-5-15-30-57)92-88(96-90)60-32-18-31-58(47-60)59-39-44-73-78(51-59)100-84-64(54-23-8-2-9-24-54)45-46-67(81(73)84)70-36-19-34-68-65-42-40-61(49-75(65)97-82(68)70)89-93-85(55-25-10-3-11-26-55)91-86(94-89)56-27-12-4-13-28-56/h1-52H. The predicted molar refractivity (Wildman–Crippen MR) is 413 cm³/mol. The molecule has 0 atom stereocenters. The molecule has 0 spiro atoms. The molecule has 0 N–H and O–H groups in total. The number of fused-ring (bicyclic) bond motifs is 12. The monoisotopic (exact) mass is 1310 g/mol. The van der Waals surface area contributed by atoms with Crippen LogP contribution in [0.15, 0.2) is 324 Å². The van der Waals surface area contributed by atoms with Crippen molar-refractivity contribution in [3.63, 3.8) is 0 Å². The number of thiophene rings is 2. The van der Waals surface area contributed by atoms with Crippen LogP contribution in [0.2, 0.25) is 0 Å². The summed E-state index contributed by atoms with van der Waals surface area (Å²) in [6, 6.07) is 111. The van der Waals surface area contributed by atoms with Crippen molar-refractivity contribution in [1.29, 1.82) is 0 Å². The van der Waals surface area contributed by atoms with Crippen LogP contribution in [0, 0.1) is 0 Å². The zero-order valence-corrected chi connectivity index (χ0v) is 55.0. The summed E-state index contributed by atoms with van der Waals surface area (Å²) in [5.41, 5.74) is 19.5. The Bertz CT molecular complexity index is 6590. The van der Waals surface area contributed by atoms with Gasteiger partial charge in [0.25, 0.3) is 0 Å². The molecule has 466 valence electrons. The van der Waals surface area contributed by atoms with E-state index in [4.69, 9.17) is 38.7 Å². The zero-order chi connectivity index (χ0) is 65.8. The lowest BCUT2D eigenvalue weighted by Gasteiger charge is -2.10. The molecule has 20 rings (SSSR count). The zero-order valence-electron chi connectivity index (χ0n) is 53.3. The van der Waals surface area contributed by atoms with Crippen LogP contribution in [0.4, 0.5) is 0 Å². The van der Waals surface area contributed by atoms with Crippen LogP contribution in [-0.2, 0) is 0 Å². The third kappa shape index (κ3) is 9.79.